The monoisotopic (exact) mass is 314 g/mol. The average Bonchev–Trinajstić information content (AvgIpc) is 3.24. The summed E-state index contributed by atoms with van der Waals surface area (Å²) in [5.41, 5.74) is 1.87. The van der Waals surface area contributed by atoms with Gasteiger partial charge in [-0.3, -0.25) is 14.4 Å². The second-order valence-corrected chi connectivity index (χ2v) is 6.81. The van der Waals surface area contributed by atoms with E-state index in [-0.39, 0.29) is 11.3 Å². The fraction of sp³-hybridized carbons (Fsp3) is 0.529. The van der Waals surface area contributed by atoms with Crippen molar-refractivity contribution in [1.82, 2.24) is 14.7 Å². The summed E-state index contributed by atoms with van der Waals surface area (Å²) in [4.78, 5) is 17.4. The molecule has 23 heavy (non-hydrogen) atoms. The van der Waals surface area contributed by atoms with Crippen LogP contribution in [0.2, 0.25) is 0 Å². The fourth-order valence-corrected chi connectivity index (χ4v) is 4.00. The minimum atomic E-state index is -0.224. The second kappa shape index (κ2) is 5.53. The van der Waals surface area contributed by atoms with Crippen LogP contribution in [0.25, 0.3) is 0 Å². The van der Waals surface area contributed by atoms with Crippen LogP contribution in [0.15, 0.2) is 35.4 Å². The number of hydrogen-bond acceptors (Lipinski definition) is 4. The molecule has 1 atom stereocenters. The van der Waals surface area contributed by atoms with Gasteiger partial charge in [0.05, 0.1) is 29.8 Å². The van der Waals surface area contributed by atoms with E-state index < -0.39 is 0 Å². The summed E-state index contributed by atoms with van der Waals surface area (Å²) in [7, 11) is 1.88. The molecule has 2 saturated heterocycles. The van der Waals surface area contributed by atoms with Gasteiger partial charge < -0.3 is 9.32 Å². The third-order valence-electron chi connectivity index (χ3n) is 5.16. The van der Waals surface area contributed by atoms with Gasteiger partial charge in [0.1, 0.15) is 0 Å². The van der Waals surface area contributed by atoms with Crippen molar-refractivity contribution in [2.24, 2.45) is 12.5 Å². The van der Waals surface area contributed by atoms with Gasteiger partial charge in [-0.2, -0.15) is 5.10 Å². The third-order valence-corrected chi connectivity index (χ3v) is 5.16. The van der Waals surface area contributed by atoms with Gasteiger partial charge in [-0.1, -0.05) is 0 Å². The van der Waals surface area contributed by atoms with Crippen LogP contribution >= 0.6 is 0 Å². The topological polar surface area (TPSA) is 54.5 Å². The van der Waals surface area contributed by atoms with E-state index in [1.807, 2.05) is 24.2 Å². The maximum absolute atomic E-state index is 13.1. The van der Waals surface area contributed by atoms with Gasteiger partial charge in [-0.05, 0) is 31.9 Å². The third kappa shape index (κ3) is 2.57. The van der Waals surface area contributed by atoms with Crippen molar-refractivity contribution in [1.29, 1.82) is 0 Å². The molecule has 2 aromatic heterocycles. The lowest BCUT2D eigenvalue weighted by Crippen LogP contribution is -2.47. The lowest BCUT2D eigenvalue weighted by atomic mass is 9.78. The molecule has 0 bridgehead atoms. The molecule has 1 amide bonds. The van der Waals surface area contributed by atoms with E-state index in [1.165, 1.54) is 5.56 Å². The van der Waals surface area contributed by atoms with Crippen LogP contribution < -0.4 is 4.90 Å². The molecule has 2 fully saturated rings. The van der Waals surface area contributed by atoms with E-state index >= 15 is 0 Å². The summed E-state index contributed by atoms with van der Waals surface area (Å²) in [5, 5.41) is 4.20. The molecular formula is C17H22N4O2. The number of nitrogens with zero attached hydrogens (tertiary/aromatic N) is 4. The number of piperidine rings is 1. The average molecular weight is 314 g/mol. The minimum absolute atomic E-state index is 0.224. The van der Waals surface area contributed by atoms with Gasteiger partial charge in [-0.15, -0.1) is 0 Å². The van der Waals surface area contributed by atoms with E-state index in [2.05, 4.69) is 10.00 Å². The SMILES string of the molecule is Cn1cc(N2CC[C@@]3(CCCN(Cc4ccoc4)C3)C2=O)cn1. The lowest BCUT2D eigenvalue weighted by molar-refractivity contribution is -0.128. The van der Waals surface area contributed by atoms with Crippen molar-refractivity contribution in [2.45, 2.75) is 25.8 Å². The van der Waals surface area contributed by atoms with Crippen molar-refractivity contribution < 1.29 is 9.21 Å². The molecule has 0 aromatic carbocycles. The predicted octanol–water partition coefficient (Wildman–Crippen LogP) is 2.03. The zero-order valence-electron chi connectivity index (χ0n) is 13.4. The Morgan fingerprint density at radius 1 is 1.35 bits per heavy atom. The molecule has 0 N–H and O–H groups in total. The van der Waals surface area contributed by atoms with E-state index in [0.717, 1.165) is 51.1 Å². The van der Waals surface area contributed by atoms with Crippen molar-refractivity contribution in [3.05, 3.63) is 36.5 Å². The Kier molecular flexibility index (Phi) is 3.49. The first-order valence-electron chi connectivity index (χ1n) is 8.20. The number of amides is 1. The Balaban J connectivity index is 1.50. The Bertz CT molecular complexity index is 693. The molecule has 0 radical (unpaired) electrons. The van der Waals surface area contributed by atoms with Gasteiger partial charge in [0.2, 0.25) is 5.91 Å². The van der Waals surface area contributed by atoms with Crippen LogP contribution in [0.4, 0.5) is 5.69 Å². The maximum atomic E-state index is 13.1. The van der Waals surface area contributed by atoms with Crippen LogP contribution in [0, 0.1) is 5.41 Å². The first-order chi connectivity index (χ1) is 11.2. The molecule has 0 unspecified atom stereocenters. The van der Waals surface area contributed by atoms with Gasteiger partial charge in [-0.25, -0.2) is 0 Å². The zero-order valence-corrected chi connectivity index (χ0v) is 13.4. The molecule has 2 aliphatic rings. The van der Waals surface area contributed by atoms with Gasteiger partial charge in [0.15, 0.2) is 0 Å². The highest BCUT2D eigenvalue weighted by atomic mass is 16.3. The predicted molar refractivity (Wildman–Crippen MR) is 85.8 cm³/mol. The Morgan fingerprint density at radius 2 is 2.26 bits per heavy atom. The number of furan rings is 1. The summed E-state index contributed by atoms with van der Waals surface area (Å²) < 4.78 is 6.91. The number of likely N-dealkylation sites (tertiary alicyclic amines) is 1. The van der Waals surface area contributed by atoms with Crippen molar-refractivity contribution in [3.63, 3.8) is 0 Å². The number of anilines is 1. The largest absolute Gasteiger partial charge is 0.472 e. The molecule has 2 aliphatic heterocycles. The smallest absolute Gasteiger partial charge is 0.234 e. The summed E-state index contributed by atoms with van der Waals surface area (Å²) in [6, 6.07) is 2.00. The van der Waals surface area contributed by atoms with Crippen LogP contribution in [-0.2, 0) is 18.4 Å². The number of aromatic nitrogens is 2. The van der Waals surface area contributed by atoms with Gasteiger partial charge in [0, 0.05) is 38.4 Å². The summed E-state index contributed by atoms with van der Waals surface area (Å²) in [5.74, 6) is 0.266. The van der Waals surface area contributed by atoms with E-state index in [9.17, 15) is 4.79 Å². The van der Waals surface area contributed by atoms with E-state index in [1.54, 1.807) is 23.4 Å². The highest BCUT2D eigenvalue weighted by Gasteiger charge is 2.49. The zero-order chi connectivity index (χ0) is 15.9. The fourth-order valence-electron chi connectivity index (χ4n) is 4.00. The van der Waals surface area contributed by atoms with Gasteiger partial charge in [0.25, 0.3) is 0 Å². The normalized spacial score (nSPS) is 25.6. The number of hydrogen-bond donors (Lipinski definition) is 0. The standard InChI is InChI=1S/C17H22N4O2/c1-19-11-15(9-18-19)21-7-5-17(16(21)22)4-2-6-20(13-17)10-14-3-8-23-12-14/h3,8-9,11-12H,2,4-7,10,13H2,1H3/t17-/m1/s1. The van der Waals surface area contributed by atoms with Crippen molar-refractivity contribution in [3.8, 4) is 0 Å². The van der Waals surface area contributed by atoms with E-state index in [4.69, 9.17) is 4.42 Å². The van der Waals surface area contributed by atoms with Crippen LogP contribution in [0.3, 0.4) is 0 Å². The van der Waals surface area contributed by atoms with Gasteiger partial charge >= 0.3 is 0 Å². The second-order valence-electron chi connectivity index (χ2n) is 6.81. The van der Waals surface area contributed by atoms with Crippen molar-refractivity contribution >= 4 is 11.6 Å². The molecule has 0 aliphatic carbocycles. The maximum Gasteiger partial charge on any atom is 0.234 e. The highest BCUT2D eigenvalue weighted by molar-refractivity contribution is 6.00. The van der Waals surface area contributed by atoms with E-state index in [0.29, 0.717) is 0 Å². The molecule has 4 heterocycles. The summed E-state index contributed by atoms with van der Waals surface area (Å²) >= 11 is 0. The van der Waals surface area contributed by atoms with Crippen LogP contribution in [0.5, 0.6) is 0 Å². The highest BCUT2D eigenvalue weighted by Crippen LogP contribution is 2.42. The van der Waals surface area contributed by atoms with Crippen LogP contribution in [-0.4, -0.2) is 40.2 Å². The van der Waals surface area contributed by atoms with Crippen LogP contribution in [0.1, 0.15) is 24.8 Å². The first-order valence-corrected chi connectivity index (χ1v) is 8.20. The first kappa shape index (κ1) is 14.5. The Labute approximate surface area is 135 Å². The summed E-state index contributed by atoms with van der Waals surface area (Å²) in [6.45, 7) is 3.55. The molecule has 0 saturated carbocycles. The number of carbonyl (C=O) groups is 1. The Morgan fingerprint density at radius 3 is 3.00 bits per heavy atom. The molecule has 1 spiro atoms. The molecule has 122 valence electrons. The lowest BCUT2D eigenvalue weighted by Gasteiger charge is -2.38. The molecule has 6 nitrogen and oxygen atoms in total. The van der Waals surface area contributed by atoms with Crippen molar-refractivity contribution in [2.75, 3.05) is 24.5 Å². The quantitative estimate of drug-likeness (QED) is 0.870. The number of rotatable bonds is 3. The summed E-state index contributed by atoms with van der Waals surface area (Å²) in [6.07, 6.45) is 10.2. The number of carbonyl (C=O) groups excluding carboxylic acids is 1. The molecular weight excluding hydrogens is 292 g/mol. The molecule has 4 rings (SSSR count). The molecule has 6 heteroatoms. The number of aryl methyl sites for hydroxylation is 1. The minimum Gasteiger partial charge on any atom is -0.472 e. The molecule has 2 aromatic rings. The Hall–Kier alpha value is -2.08.